The molecule has 0 aliphatic heterocycles. The lowest BCUT2D eigenvalue weighted by atomic mass is 9.93. The molecule has 1 amide bonds. The van der Waals surface area contributed by atoms with Gasteiger partial charge < -0.3 is 16.0 Å². The Bertz CT molecular complexity index is 1150. The van der Waals surface area contributed by atoms with Gasteiger partial charge in [-0.3, -0.25) is 14.4 Å². The number of pyridine rings is 1. The van der Waals surface area contributed by atoms with Crippen molar-refractivity contribution < 1.29 is 4.79 Å². The number of carbonyl (C=O) groups is 1. The Balaban J connectivity index is 1.61. The normalized spacial score (nSPS) is 11.3. The zero-order chi connectivity index (χ0) is 21.9. The SMILES string of the molecule is CC(C)(CNC(=O)c1cccc(Cl)c1)CNc1c(Nc2cccnc2Cl)c(=O)c1=O. The summed E-state index contributed by atoms with van der Waals surface area (Å²) in [6.45, 7) is 4.55. The summed E-state index contributed by atoms with van der Waals surface area (Å²) in [4.78, 5) is 40.2. The average Bonchev–Trinajstić information content (AvgIpc) is 2.72. The first-order chi connectivity index (χ1) is 14.2. The van der Waals surface area contributed by atoms with Crippen LogP contribution in [0.1, 0.15) is 24.2 Å². The lowest BCUT2D eigenvalue weighted by molar-refractivity contribution is 0.0938. The fraction of sp³-hybridized carbons (Fsp3) is 0.238. The number of rotatable bonds is 8. The molecule has 30 heavy (non-hydrogen) atoms. The number of amides is 1. The Morgan fingerprint density at radius 3 is 2.47 bits per heavy atom. The fourth-order valence-corrected chi connectivity index (χ4v) is 3.09. The Kier molecular flexibility index (Phi) is 6.43. The van der Waals surface area contributed by atoms with Gasteiger partial charge in [0.1, 0.15) is 11.4 Å². The van der Waals surface area contributed by atoms with Crippen LogP contribution in [0.25, 0.3) is 0 Å². The molecule has 1 aromatic heterocycles. The zero-order valence-electron chi connectivity index (χ0n) is 16.4. The monoisotopic (exact) mass is 446 g/mol. The van der Waals surface area contributed by atoms with Crippen LogP contribution in [-0.4, -0.2) is 24.0 Å². The molecule has 3 N–H and O–H groups in total. The van der Waals surface area contributed by atoms with Crippen LogP contribution in [0.4, 0.5) is 17.1 Å². The van der Waals surface area contributed by atoms with Crippen molar-refractivity contribution >= 4 is 46.2 Å². The predicted molar refractivity (Wildman–Crippen MR) is 120 cm³/mol. The van der Waals surface area contributed by atoms with E-state index >= 15 is 0 Å². The van der Waals surface area contributed by atoms with Gasteiger partial charge in [-0.2, -0.15) is 0 Å². The van der Waals surface area contributed by atoms with Crippen molar-refractivity contribution in [3.63, 3.8) is 0 Å². The maximum Gasteiger partial charge on any atom is 0.253 e. The van der Waals surface area contributed by atoms with E-state index in [9.17, 15) is 14.4 Å². The Labute approximate surface area is 183 Å². The van der Waals surface area contributed by atoms with E-state index in [1.54, 1.807) is 36.4 Å². The van der Waals surface area contributed by atoms with Crippen molar-refractivity contribution in [3.05, 3.63) is 78.8 Å². The fourth-order valence-electron chi connectivity index (χ4n) is 2.74. The first-order valence-corrected chi connectivity index (χ1v) is 9.92. The van der Waals surface area contributed by atoms with Crippen molar-refractivity contribution in [2.45, 2.75) is 13.8 Å². The summed E-state index contributed by atoms with van der Waals surface area (Å²) in [6.07, 6.45) is 1.52. The number of halogens is 2. The van der Waals surface area contributed by atoms with Crippen LogP contribution in [0, 0.1) is 5.41 Å². The molecule has 156 valence electrons. The number of nitrogens with zero attached hydrogens (tertiary/aromatic N) is 1. The molecule has 0 saturated heterocycles. The maximum atomic E-state index is 12.3. The van der Waals surface area contributed by atoms with Crippen LogP contribution in [0.5, 0.6) is 0 Å². The molecular weight excluding hydrogens is 427 g/mol. The summed E-state index contributed by atoms with van der Waals surface area (Å²) in [7, 11) is 0. The van der Waals surface area contributed by atoms with Gasteiger partial charge in [0, 0.05) is 29.9 Å². The van der Waals surface area contributed by atoms with Gasteiger partial charge in [-0.1, -0.05) is 43.1 Å². The van der Waals surface area contributed by atoms with Gasteiger partial charge in [-0.15, -0.1) is 0 Å². The van der Waals surface area contributed by atoms with Gasteiger partial charge in [0.25, 0.3) is 16.8 Å². The van der Waals surface area contributed by atoms with E-state index in [0.717, 1.165) is 0 Å². The van der Waals surface area contributed by atoms with Gasteiger partial charge in [0.05, 0.1) is 5.69 Å². The molecule has 2 aromatic carbocycles. The average molecular weight is 447 g/mol. The van der Waals surface area contributed by atoms with Crippen LogP contribution >= 0.6 is 23.2 Å². The van der Waals surface area contributed by atoms with Crippen LogP contribution in [-0.2, 0) is 0 Å². The summed E-state index contributed by atoms with van der Waals surface area (Å²) in [5, 5.41) is 9.41. The van der Waals surface area contributed by atoms with E-state index in [2.05, 4.69) is 20.9 Å². The molecular formula is C21H20Cl2N4O3. The van der Waals surface area contributed by atoms with Gasteiger partial charge in [0.2, 0.25) is 0 Å². The van der Waals surface area contributed by atoms with E-state index in [4.69, 9.17) is 23.2 Å². The molecule has 0 fully saturated rings. The number of carbonyl (C=O) groups excluding carboxylic acids is 1. The Morgan fingerprint density at radius 1 is 1.03 bits per heavy atom. The molecule has 1 heterocycles. The minimum Gasteiger partial charge on any atom is -0.379 e. The second kappa shape index (κ2) is 8.85. The molecule has 0 spiro atoms. The highest BCUT2D eigenvalue weighted by Crippen LogP contribution is 2.26. The van der Waals surface area contributed by atoms with Crippen molar-refractivity contribution in [1.29, 1.82) is 0 Å². The Hall–Kier alpha value is -2.90. The Morgan fingerprint density at radius 2 is 1.77 bits per heavy atom. The summed E-state index contributed by atoms with van der Waals surface area (Å²) in [5.41, 5.74) is -0.392. The predicted octanol–water partition coefficient (Wildman–Crippen LogP) is 3.60. The number of hydrogen-bond acceptors (Lipinski definition) is 6. The summed E-state index contributed by atoms with van der Waals surface area (Å²) >= 11 is 11.9. The molecule has 0 bridgehead atoms. The summed E-state index contributed by atoms with van der Waals surface area (Å²) in [6, 6.07) is 9.99. The molecule has 0 atom stereocenters. The number of anilines is 3. The number of hydrogen-bond donors (Lipinski definition) is 3. The van der Waals surface area contributed by atoms with E-state index < -0.39 is 16.3 Å². The maximum absolute atomic E-state index is 12.3. The largest absolute Gasteiger partial charge is 0.379 e. The second-order valence-corrected chi connectivity index (χ2v) is 8.38. The molecule has 0 aliphatic carbocycles. The van der Waals surface area contributed by atoms with Crippen LogP contribution < -0.4 is 26.8 Å². The third kappa shape index (κ3) is 4.98. The molecule has 0 radical (unpaired) electrons. The van der Waals surface area contributed by atoms with E-state index in [-0.39, 0.29) is 22.4 Å². The number of aromatic nitrogens is 1. The lowest BCUT2D eigenvalue weighted by Crippen LogP contribution is -2.42. The van der Waals surface area contributed by atoms with E-state index in [0.29, 0.717) is 29.4 Å². The minimum atomic E-state index is -0.621. The molecule has 3 rings (SSSR count). The number of nitrogens with one attached hydrogen (secondary N) is 3. The van der Waals surface area contributed by atoms with Crippen molar-refractivity contribution in [2.75, 3.05) is 23.7 Å². The van der Waals surface area contributed by atoms with Gasteiger partial charge in [0.15, 0.2) is 5.15 Å². The second-order valence-electron chi connectivity index (χ2n) is 7.59. The summed E-state index contributed by atoms with van der Waals surface area (Å²) in [5.74, 6) is -0.242. The first kappa shape index (κ1) is 21.8. The standard InChI is InChI=1S/C21H20Cl2N4O3/c1-21(2,11-26-20(30)12-5-3-6-13(22)9-12)10-25-15-16(18(29)17(15)28)27-14-7-4-8-24-19(14)23/h3-9,25,27H,10-11H2,1-2H3,(H,26,30). The van der Waals surface area contributed by atoms with Crippen molar-refractivity contribution in [3.8, 4) is 0 Å². The highest BCUT2D eigenvalue weighted by atomic mass is 35.5. The topological polar surface area (TPSA) is 100 Å². The van der Waals surface area contributed by atoms with Gasteiger partial charge in [-0.05, 0) is 35.7 Å². The molecule has 0 aliphatic rings. The van der Waals surface area contributed by atoms with Crippen molar-refractivity contribution in [2.24, 2.45) is 5.41 Å². The first-order valence-electron chi connectivity index (χ1n) is 9.16. The smallest absolute Gasteiger partial charge is 0.253 e. The van der Waals surface area contributed by atoms with Crippen LogP contribution in [0.2, 0.25) is 10.2 Å². The van der Waals surface area contributed by atoms with Gasteiger partial charge >= 0.3 is 0 Å². The molecule has 0 saturated carbocycles. The van der Waals surface area contributed by atoms with Crippen LogP contribution in [0.3, 0.4) is 0 Å². The van der Waals surface area contributed by atoms with E-state index in [1.807, 2.05) is 13.8 Å². The molecule has 0 unspecified atom stereocenters. The van der Waals surface area contributed by atoms with Crippen LogP contribution in [0.15, 0.2) is 52.2 Å². The van der Waals surface area contributed by atoms with E-state index in [1.165, 1.54) is 6.20 Å². The minimum absolute atomic E-state index is 0.147. The quantitative estimate of drug-likeness (QED) is 0.361. The highest BCUT2D eigenvalue weighted by molar-refractivity contribution is 6.32. The zero-order valence-corrected chi connectivity index (χ0v) is 17.9. The van der Waals surface area contributed by atoms with Crippen molar-refractivity contribution in [1.82, 2.24) is 10.3 Å². The highest BCUT2D eigenvalue weighted by Gasteiger charge is 2.25. The third-order valence-corrected chi connectivity index (χ3v) is 5.02. The molecule has 7 nitrogen and oxygen atoms in total. The third-order valence-electron chi connectivity index (χ3n) is 4.49. The molecule has 3 aromatic rings. The van der Waals surface area contributed by atoms with Gasteiger partial charge in [-0.25, -0.2) is 4.98 Å². The summed E-state index contributed by atoms with van der Waals surface area (Å²) < 4.78 is 0. The lowest BCUT2D eigenvalue weighted by Gasteiger charge is -2.27. The molecule has 9 heteroatoms. The number of benzene rings is 1.